The molecule has 8 heteroatoms. The highest BCUT2D eigenvalue weighted by Gasteiger charge is 2.33. The average Bonchev–Trinajstić information content (AvgIpc) is 2.87. The van der Waals surface area contributed by atoms with Gasteiger partial charge in [-0.1, -0.05) is 6.92 Å². The highest BCUT2D eigenvalue weighted by atomic mass is 35.5. The summed E-state index contributed by atoms with van der Waals surface area (Å²) in [5, 5.41) is 10.6. The zero-order valence-corrected chi connectivity index (χ0v) is 12.1. The van der Waals surface area contributed by atoms with Gasteiger partial charge in [-0.15, -0.1) is 12.4 Å². The third-order valence-corrected chi connectivity index (χ3v) is 3.72. The maximum Gasteiger partial charge on any atom is 0.321 e. The number of aromatic amines is 1. The van der Waals surface area contributed by atoms with Crippen LogP contribution in [-0.2, 0) is 0 Å². The molecule has 2 rings (SSSR count). The molecule has 20 heavy (non-hydrogen) atoms. The van der Waals surface area contributed by atoms with Crippen molar-refractivity contribution in [3.8, 4) is 0 Å². The summed E-state index contributed by atoms with van der Waals surface area (Å²) in [5.41, 5.74) is 5.99. The van der Waals surface area contributed by atoms with E-state index >= 15 is 0 Å². The molecule has 112 valence electrons. The smallest absolute Gasteiger partial charge is 0.321 e. The number of aromatic nitrogens is 1. The molecule has 2 heterocycles. The first-order chi connectivity index (χ1) is 9.04. The summed E-state index contributed by atoms with van der Waals surface area (Å²) >= 11 is 0. The Kier molecular flexibility index (Phi) is 5.52. The Labute approximate surface area is 123 Å². The number of rotatable bonds is 3. The van der Waals surface area contributed by atoms with Crippen molar-refractivity contribution < 1.29 is 9.72 Å². The molecule has 0 saturated carbocycles. The molecule has 1 aliphatic rings. The van der Waals surface area contributed by atoms with Crippen molar-refractivity contribution in [2.24, 2.45) is 11.7 Å². The summed E-state index contributed by atoms with van der Waals surface area (Å²) in [5.74, 6) is -0.0274. The fourth-order valence-electron chi connectivity index (χ4n) is 2.63. The van der Waals surface area contributed by atoms with Crippen molar-refractivity contribution in [3.05, 3.63) is 27.9 Å². The van der Waals surface area contributed by atoms with Gasteiger partial charge in [-0.3, -0.25) is 4.79 Å². The van der Waals surface area contributed by atoms with Crippen molar-refractivity contribution in [1.29, 1.82) is 0 Å². The van der Waals surface area contributed by atoms with Gasteiger partial charge in [0.25, 0.3) is 5.91 Å². The number of halogens is 1. The molecule has 1 aliphatic heterocycles. The van der Waals surface area contributed by atoms with Crippen molar-refractivity contribution in [2.45, 2.75) is 25.8 Å². The lowest BCUT2D eigenvalue weighted by Crippen LogP contribution is -2.51. The number of nitrogens with two attached hydrogens (primary N) is 1. The van der Waals surface area contributed by atoms with Gasteiger partial charge >= 0.3 is 5.82 Å². The normalized spacial score (nSPS) is 22.2. The van der Waals surface area contributed by atoms with Gasteiger partial charge in [0.1, 0.15) is 0 Å². The van der Waals surface area contributed by atoms with E-state index in [9.17, 15) is 14.9 Å². The Bertz CT molecular complexity index is 491. The van der Waals surface area contributed by atoms with E-state index in [0.29, 0.717) is 19.0 Å². The van der Waals surface area contributed by atoms with Crippen LogP contribution < -0.4 is 5.73 Å². The topological polar surface area (TPSA) is 105 Å². The van der Waals surface area contributed by atoms with Gasteiger partial charge in [-0.2, -0.15) is 0 Å². The highest BCUT2D eigenvalue weighted by molar-refractivity contribution is 5.93. The van der Waals surface area contributed by atoms with Gasteiger partial charge < -0.3 is 20.7 Å². The van der Waals surface area contributed by atoms with Crippen LogP contribution in [0.15, 0.2) is 12.1 Å². The van der Waals surface area contributed by atoms with Crippen LogP contribution in [0.3, 0.4) is 0 Å². The number of H-pyrrole nitrogens is 1. The van der Waals surface area contributed by atoms with E-state index in [2.05, 4.69) is 11.9 Å². The van der Waals surface area contributed by atoms with Gasteiger partial charge in [0, 0.05) is 25.2 Å². The molecular formula is C12H19ClN4O3. The second-order valence-electron chi connectivity index (χ2n) is 4.94. The summed E-state index contributed by atoms with van der Waals surface area (Å²) in [7, 11) is 0. The molecule has 1 fully saturated rings. The van der Waals surface area contributed by atoms with Gasteiger partial charge in [0.2, 0.25) is 0 Å². The minimum atomic E-state index is -0.546. The van der Waals surface area contributed by atoms with Crippen molar-refractivity contribution in [3.63, 3.8) is 0 Å². The van der Waals surface area contributed by atoms with E-state index in [-0.39, 0.29) is 35.9 Å². The van der Waals surface area contributed by atoms with E-state index in [4.69, 9.17) is 5.73 Å². The molecule has 2 atom stereocenters. The first-order valence-electron chi connectivity index (χ1n) is 6.39. The highest BCUT2D eigenvalue weighted by Crippen LogP contribution is 2.24. The van der Waals surface area contributed by atoms with Gasteiger partial charge in [-0.05, 0) is 29.7 Å². The zero-order valence-electron chi connectivity index (χ0n) is 11.2. The van der Waals surface area contributed by atoms with E-state index in [1.807, 2.05) is 0 Å². The Morgan fingerprint density at radius 2 is 2.30 bits per heavy atom. The summed E-state index contributed by atoms with van der Waals surface area (Å²) < 4.78 is 0. The van der Waals surface area contributed by atoms with Gasteiger partial charge in [-0.25, -0.2) is 4.98 Å². The number of piperidine rings is 1. The summed E-state index contributed by atoms with van der Waals surface area (Å²) in [6.07, 6.45) is 1.99. The number of carbonyl (C=O) groups is 1. The predicted octanol–water partition coefficient (Wildman–Crippen LogP) is 1.54. The number of nitrogens with zero attached hydrogens (tertiary/aromatic N) is 2. The monoisotopic (exact) mass is 302 g/mol. The number of carbonyl (C=O) groups excluding carboxylic acids is 1. The lowest BCUT2D eigenvalue weighted by molar-refractivity contribution is -0.389. The van der Waals surface area contributed by atoms with E-state index < -0.39 is 4.92 Å². The number of nitro groups is 1. The lowest BCUT2D eigenvalue weighted by Gasteiger charge is -2.38. The van der Waals surface area contributed by atoms with Crippen molar-refractivity contribution >= 4 is 24.1 Å². The molecule has 0 aromatic carbocycles. The maximum atomic E-state index is 12.4. The van der Waals surface area contributed by atoms with Crippen LogP contribution in [0.2, 0.25) is 0 Å². The molecule has 2 unspecified atom stereocenters. The Morgan fingerprint density at radius 1 is 1.60 bits per heavy atom. The largest absolute Gasteiger partial charge is 0.358 e. The lowest BCUT2D eigenvalue weighted by atomic mass is 9.90. The number of amides is 1. The summed E-state index contributed by atoms with van der Waals surface area (Å²) in [4.78, 5) is 26.7. The minimum Gasteiger partial charge on any atom is -0.358 e. The fraction of sp³-hybridized carbons (Fsp3) is 0.583. The van der Waals surface area contributed by atoms with E-state index in [1.54, 1.807) is 4.90 Å². The van der Waals surface area contributed by atoms with Crippen LogP contribution in [0.5, 0.6) is 0 Å². The molecule has 3 N–H and O–H groups in total. The zero-order chi connectivity index (χ0) is 14.0. The SMILES string of the molecule is CC1CCCN(C(=O)c2ccc([N+](=O)[O-])[nH]2)C1CN.Cl. The Balaban J connectivity index is 0.00000200. The minimum absolute atomic E-state index is 0. The maximum absolute atomic E-state index is 12.4. The molecular weight excluding hydrogens is 284 g/mol. The summed E-state index contributed by atoms with van der Waals surface area (Å²) in [6.45, 7) is 3.14. The summed E-state index contributed by atoms with van der Waals surface area (Å²) in [6, 6.07) is 2.76. The Hall–Kier alpha value is -1.60. The molecule has 7 nitrogen and oxygen atoms in total. The van der Waals surface area contributed by atoms with Crippen molar-refractivity contribution in [1.82, 2.24) is 9.88 Å². The molecule has 1 aromatic rings. The second kappa shape index (κ2) is 6.71. The van der Waals surface area contributed by atoms with Crippen molar-refractivity contribution in [2.75, 3.05) is 13.1 Å². The number of nitrogens with one attached hydrogen (secondary N) is 1. The molecule has 0 radical (unpaired) electrons. The fourth-order valence-corrected chi connectivity index (χ4v) is 2.63. The third-order valence-electron chi connectivity index (χ3n) is 3.72. The number of hydrogen-bond donors (Lipinski definition) is 2. The molecule has 0 bridgehead atoms. The van der Waals surface area contributed by atoms with Crippen LogP contribution >= 0.6 is 12.4 Å². The van der Waals surface area contributed by atoms with Crippen LogP contribution in [0.1, 0.15) is 30.3 Å². The van der Waals surface area contributed by atoms with Crippen LogP contribution in [0.4, 0.5) is 5.82 Å². The average molecular weight is 303 g/mol. The first kappa shape index (κ1) is 16.5. The van der Waals surface area contributed by atoms with Crippen LogP contribution in [-0.4, -0.2) is 39.8 Å². The van der Waals surface area contributed by atoms with E-state index in [0.717, 1.165) is 12.8 Å². The van der Waals surface area contributed by atoms with Crippen LogP contribution in [0.25, 0.3) is 0 Å². The molecule has 0 spiro atoms. The molecule has 1 saturated heterocycles. The Morgan fingerprint density at radius 3 is 2.85 bits per heavy atom. The van der Waals surface area contributed by atoms with Gasteiger partial charge in [0.15, 0.2) is 5.69 Å². The number of hydrogen-bond acceptors (Lipinski definition) is 4. The molecule has 1 aromatic heterocycles. The predicted molar refractivity (Wildman–Crippen MR) is 77.0 cm³/mol. The standard InChI is InChI=1S/C12H18N4O3.ClH/c1-8-3-2-6-15(10(8)7-13)12(17)9-4-5-11(14-9)16(18)19;/h4-5,8,10,14H,2-3,6-7,13H2,1H3;1H. The molecule has 0 aliphatic carbocycles. The van der Waals surface area contributed by atoms with Crippen LogP contribution in [0, 0.1) is 16.0 Å². The van der Waals surface area contributed by atoms with Gasteiger partial charge in [0.05, 0.1) is 0 Å². The van der Waals surface area contributed by atoms with E-state index in [1.165, 1.54) is 12.1 Å². The number of likely N-dealkylation sites (tertiary alicyclic amines) is 1. The molecule has 1 amide bonds. The third kappa shape index (κ3) is 3.10. The quantitative estimate of drug-likeness (QED) is 0.652. The first-order valence-corrected chi connectivity index (χ1v) is 6.39. The second-order valence-corrected chi connectivity index (χ2v) is 4.94.